The third kappa shape index (κ3) is 7.72. The third-order valence-corrected chi connectivity index (χ3v) is 11.1. The zero-order chi connectivity index (χ0) is 47.8. The molecule has 18 heteroatoms. The maximum absolute atomic E-state index is 16.4. The normalized spacial score (nSPS) is 14.0. The standard InChI is InChI=1S/C49H26F14N4/c50-45(51,49(61,62)63)37-38(46(52,53)54)42-34(26-15-7-2-8-16-26)30-23-24-32(65-30)36(28-19-11-4-12-20-28)44-40(48(58,59)60)39(47(55,56)57)43(67-44)35(27-17-9-3-10-18-27)31-22-21-29(64-31)33(41(37)66-42)25-13-5-1-6-14-25/h1-24,64-65H. The number of aromatic amines is 2. The Kier molecular flexibility index (Phi) is 10.6. The van der Waals surface area contributed by atoms with Crippen molar-refractivity contribution in [3.05, 3.63) is 168 Å². The van der Waals surface area contributed by atoms with Gasteiger partial charge in [-0.1, -0.05) is 121 Å². The minimum atomic E-state index is -6.66. The number of hydrogen-bond acceptors (Lipinski definition) is 2. The van der Waals surface area contributed by atoms with E-state index in [0.29, 0.717) is 0 Å². The maximum atomic E-state index is 16.4. The Labute approximate surface area is 368 Å². The summed E-state index contributed by atoms with van der Waals surface area (Å²) >= 11 is 0. The van der Waals surface area contributed by atoms with E-state index in [0.717, 1.165) is 36.4 Å². The van der Waals surface area contributed by atoms with Crippen LogP contribution in [0.2, 0.25) is 0 Å². The molecular formula is C49H26F14N4. The average molecular weight is 937 g/mol. The molecule has 0 aliphatic carbocycles. The molecule has 0 fully saturated rings. The molecule has 0 radical (unpaired) electrons. The lowest BCUT2D eigenvalue weighted by Gasteiger charge is -2.24. The van der Waals surface area contributed by atoms with Crippen molar-refractivity contribution in [3.63, 3.8) is 0 Å². The highest BCUT2D eigenvalue weighted by molar-refractivity contribution is 6.10. The van der Waals surface area contributed by atoms with Gasteiger partial charge in [0.05, 0.1) is 45.1 Å². The Balaban J connectivity index is 1.66. The molecule has 2 aliphatic heterocycles. The number of alkyl halides is 14. The summed E-state index contributed by atoms with van der Waals surface area (Å²) in [7, 11) is 0. The first-order valence-corrected chi connectivity index (χ1v) is 19.8. The van der Waals surface area contributed by atoms with Gasteiger partial charge in [-0.05, 0) is 46.5 Å². The molecule has 0 spiro atoms. The van der Waals surface area contributed by atoms with E-state index in [1.54, 1.807) is 0 Å². The van der Waals surface area contributed by atoms with Gasteiger partial charge < -0.3 is 9.97 Å². The number of rotatable bonds is 5. The molecule has 0 saturated carbocycles. The van der Waals surface area contributed by atoms with E-state index in [-0.39, 0.29) is 22.3 Å². The van der Waals surface area contributed by atoms with Crippen molar-refractivity contribution in [2.24, 2.45) is 0 Å². The third-order valence-electron chi connectivity index (χ3n) is 11.1. The van der Waals surface area contributed by atoms with Crippen LogP contribution in [0.25, 0.3) is 88.9 Å². The molecule has 2 N–H and O–H groups in total. The van der Waals surface area contributed by atoms with Crippen molar-refractivity contribution in [2.75, 3.05) is 0 Å². The van der Waals surface area contributed by atoms with Crippen LogP contribution in [0.3, 0.4) is 0 Å². The largest absolute Gasteiger partial charge is 0.458 e. The fourth-order valence-corrected chi connectivity index (χ4v) is 8.39. The Morgan fingerprint density at radius 2 is 0.507 bits per heavy atom. The smallest absolute Gasteiger partial charge is 0.354 e. The van der Waals surface area contributed by atoms with Crippen molar-refractivity contribution in [2.45, 2.75) is 30.6 Å². The Bertz CT molecular complexity index is 3290. The van der Waals surface area contributed by atoms with Crippen LogP contribution >= 0.6 is 0 Å². The minimum absolute atomic E-state index is 0.163. The average Bonchev–Trinajstić information content (AvgIpc) is 4.09. The molecule has 3 aromatic heterocycles. The van der Waals surface area contributed by atoms with Crippen molar-refractivity contribution < 1.29 is 61.5 Å². The van der Waals surface area contributed by atoms with Gasteiger partial charge in [-0.15, -0.1) is 0 Å². The van der Waals surface area contributed by atoms with Crippen molar-refractivity contribution in [3.8, 4) is 44.5 Å². The second kappa shape index (κ2) is 15.8. The molecule has 4 nitrogen and oxygen atoms in total. The van der Waals surface area contributed by atoms with Gasteiger partial charge in [-0.3, -0.25) is 0 Å². The van der Waals surface area contributed by atoms with Crippen LogP contribution < -0.4 is 0 Å². The zero-order valence-electron chi connectivity index (χ0n) is 33.5. The molecule has 4 aromatic carbocycles. The molecular weight excluding hydrogens is 911 g/mol. The Morgan fingerprint density at radius 3 is 0.731 bits per heavy atom. The highest BCUT2D eigenvalue weighted by Crippen LogP contribution is 2.58. The fraction of sp³-hybridized carbons (Fsp3) is 0.102. The molecule has 340 valence electrons. The van der Waals surface area contributed by atoms with Crippen molar-refractivity contribution in [1.29, 1.82) is 0 Å². The van der Waals surface area contributed by atoms with Gasteiger partial charge >= 0.3 is 30.6 Å². The number of fused-ring (bicyclic) bond motifs is 8. The molecule has 67 heavy (non-hydrogen) atoms. The van der Waals surface area contributed by atoms with Crippen LogP contribution in [0.5, 0.6) is 0 Å². The SMILES string of the molecule is FC(F)(F)C1=C(C(F)(F)F)c2nc1c(-c1ccccc1)c1ccc([nH]1)c(-c1ccccc1)c1nc(c(-c3ccccc3)c3ccc([nH]3)c2-c2ccccc2)C(C(F)(F)C(F)(F)F)=C1C(F)(F)F. The van der Waals surface area contributed by atoms with Crippen molar-refractivity contribution >= 4 is 44.4 Å². The lowest BCUT2D eigenvalue weighted by Crippen LogP contribution is -2.38. The van der Waals surface area contributed by atoms with E-state index in [4.69, 9.17) is 0 Å². The molecule has 0 unspecified atom stereocenters. The highest BCUT2D eigenvalue weighted by atomic mass is 19.4. The number of hydrogen-bond donors (Lipinski definition) is 2. The van der Waals surface area contributed by atoms with E-state index < -0.39 is 120 Å². The Hall–Kier alpha value is -7.50. The summed E-state index contributed by atoms with van der Waals surface area (Å²) in [5.41, 5.74) is -20.7. The quantitative estimate of drug-likeness (QED) is 0.169. The number of nitrogens with zero attached hydrogens (tertiary/aromatic N) is 2. The van der Waals surface area contributed by atoms with Gasteiger partial charge in [-0.25, -0.2) is 9.97 Å². The summed E-state index contributed by atoms with van der Waals surface area (Å²) in [4.78, 5) is 13.6. The first kappa shape index (κ1) is 44.7. The van der Waals surface area contributed by atoms with Crippen LogP contribution in [0.15, 0.2) is 146 Å². The van der Waals surface area contributed by atoms with Gasteiger partial charge in [0.2, 0.25) is 0 Å². The van der Waals surface area contributed by atoms with E-state index in [9.17, 15) is 13.2 Å². The van der Waals surface area contributed by atoms with Gasteiger partial charge in [0, 0.05) is 44.3 Å². The van der Waals surface area contributed by atoms with Crippen LogP contribution in [0, 0.1) is 0 Å². The lowest BCUT2D eigenvalue weighted by atomic mass is 9.91. The summed E-state index contributed by atoms with van der Waals surface area (Å²) in [6.45, 7) is 0. The molecule has 5 heterocycles. The molecule has 2 aliphatic rings. The number of nitrogens with one attached hydrogen (secondary N) is 2. The van der Waals surface area contributed by atoms with Crippen LogP contribution in [0.1, 0.15) is 22.8 Å². The maximum Gasteiger partial charge on any atom is 0.458 e. The van der Waals surface area contributed by atoms with E-state index in [2.05, 4.69) is 19.9 Å². The fourth-order valence-electron chi connectivity index (χ4n) is 8.39. The lowest BCUT2D eigenvalue weighted by molar-refractivity contribution is -0.254. The van der Waals surface area contributed by atoms with Crippen LogP contribution in [0.4, 0.5) is 61.5 Å². The number of halogens is 14. The zero-order valence-corrected chi connectivity index (χ0v) is 33.5. The second-order valence-electron chi connectivity index (χ2n) is 15.2. The summed E-state index contributed by atoms with van der Waals surface area (Å²) in [5, 5.41) is 0. The van der Waals surface area contributed by atoms with Gasteiger partial charge in [0.25, 0.3) is 0 Å². The van der Waals surface area contributed by atoms with Gasteiger partial charge in [0.15, 0.2) is 0 Å². The van der Waals surface area contributed by atoms with Crippen LogP contribution in [-0.4, -0.2) is 50.6 Å². The molecule has 9 rings (SSSR count). The van der Waals surface area contributed by atoms with E-state index in [1.165, 1.54) is 109 Å². The molecule has 0 amide bonds. The molecule has 7 aromatic rings. The molecule has 0 atom stereocenters. The number of benzene rings is 4. The predicted octanol–water partition coefficient (Wildman–Crippen LogP) is 15.7. The number of aromatic nitrogens is 4. The van der Waals surface area contributed by atoms with Crippen LogP contribution in [-0.2, 0) is 0 Å². The summed E-state index contributed by atoms with van der Waals surface area (Å²) < 4.78 is 218. The van der Waals surface area contributed by atoms with E-state index >= 15 is 48.3 Å². The first-order chi connectivity index (χ1) is 31.6. The topological polar surface area (TPSA) is 57.4 Å². The summed E-state index contributed by atoms with van der Waals surface area (Å²) in [6.07, 6.45) is -24.2. The van der Waals surface area contributed by atoms with Gasteiger partial charge in [0.1, 0.15) is 0 Å². The van der Waals surface area contributed by atoms with Crippen molar-refractivity contribution in [1.82, 2.24) is 19.9 Å². The second-order valence-corrected chi connectivity index (χ2v) is 15.2. The Morgan fingerprint density at radius 1 is 0.284 bits per heavy atom. The minimum Gasteiger partial charge on any atom is -0.354 e. The van der Waals surface area contributed by atoms with E-state index in [1.807, 2.05) is 0 Å². The highest BCUT2D eigenvalue weighted by Gasteiger charge is 2.65. The molecule has 8 bridgehead atoms. The predicted molar refractivity (Wildman–Crippen MR) is 226 cm³/mol. The molecule has 0 saturated heterocycles. The monoisotopic (exact) mass is 936 g/mol. The number of allylic oxidation sites excluding steroid dienone is 4. The van der Waals surface area contributed by atoms with Gasteiger partial charge in [-0.2, -0.15) is 61.5 Å². The number of H-pyrrole nitrogens is 2. The summed E-state index contributed by atoms with van der Waals surface area (Å²) in [5.74, 6) is -6.28. The summed E-state index contributed by atoms with van der Waals surface area (Å²) in [6, 6.07) is 29.9. The first-order valence-electron chi connectivity index (χ1n) is 19.8.